The first-order valence-corrected chi connectivity index (χ1v) is 7.72. The number of carbonyl (C=O) groups excluding carboxylic acids is 1. The van der Waals surface area contributed by atoms with Crippen molar-refractivity contribution in [3.05, 3.63) is 57.5 Å². The summed E-state index contributed by atoms with van der Waals surface area (Å²) in [5.74, 6) is -0.0805. The minimum Gasteiger partial charge on any atom is -0.373 e. The normalized spacial score (nSPS) is 11.8. The Morgan fingerprint density at radius 3 is 2.50 bits per heavy atom. The summed E-state index contributed by atoms with van der Waals surface area (Å²) in [4.78, 5) is 12.1. The molecule has 3 nitrogen and oxygen atoms in total. The molecule has 0 fully saturated rings. The number of rotatable bonds is 4. The maximum absolute atomic E-state index is 12.1. The minimum absolute atomic E-state index is 0.0805. The highest BCUT2D eigenvalue weighted by Crippen LogP contribution is 2.26. The molecule has 0 aliphatic rings. The molecule has 5 heteroatoms. The molecule has 1 unspecified atom stereocenters. The Hall–Kier alpha value is -1.33. The number of hydrogen-bond donors (Lipinski definition) is 2. The maximum atomic E-state index is 12.1. The third kappa shape index (κ3) is 4.08. The molecule has 0 aromatic heterocycles. The highest BCUT2D eigenvalue weighted by atomic mass is 79.9. The van der Waals surface area contributed by atoms with Gasteiger partial charge in [0.2, 0.25) is 5.91 Å². The van der Waals surface area contributed by atoms with Gasteiger partial charge in [0.25, 0.3) is 0 Å². The van der Waals surface area contributed by atoms with Crippen molar-refractivity contribution >= 4 is 49.1 Å². The van der Waals surface area contributed by atoms with Gasteiger partial charge in [-0.2, -0.15) is 0 Å². The summed E-state index contributed by atoms with van der Waals surface area (Å²) in [7, 11) is 0. The predicted molar refractivity (Wildman–Crippen MR) is 90.0 cm³/mol. The van der Waals surface area contributed by atoms with Gasteiger partial charge in [0.05, 0.1) is 5.69 Å². The third-order valence-corrected chi connectivity index (χ3v) is 3.92. The van der Waals surface area contributed by atoms with Crippen LogP contribution >= 0.6 is 31.9 Å². The van der Waals surface area contributed by atoms with Crippen LogP contribution in [0.15, 0.2) is 57.5 Å². The van der Waals surface area contributed by atoms with Gasteiger partial charge in [-0.05, 0) is 53.2 Å². The summed E-state index contributed by atoms with van der Waals surface area (Å²) in [6, 6.07) is 14.8. The summed E-state index contributed by atoms with van der Waals surface area (Å²) in [6.07, 6.45) is 0. The van der Waals surface area contributed by atoms with Crippen molar-refractivity contribution in [3.8, 4) is 0 Å². The van der Waals surface area contributed by atoms with Crippen LogP contribution in [0.4, 0.5) is 11.4 Å². The van der Waals surface area contributed by atoms with Crippen LogP contribution in [0.3, 0.4) is 0 Å². The Labute approximate surface area is 135 Å². The molecule has 2 aromatic rings. The van der Waals surface area contributed by atoms with Crippen molar-refractivity contribution in [3.63, 3.8) is 0 Å². The van der Waals surface area contributed by atoms with Crippen LogP contribution in [-0.4, -0.2) is 11.9 Å². The van der Waals surface area contributed by atoms with Crippen LogP contribution in [0.1, 0.15) is 6.92 Å². The number of anilines is 2. The van der Waals surface area contributed by atoms with Gasteiger partial charge in [-0.1, -0.05) is 34.1 Å². The molecular weight excluding hydrogens is 384 g/mol. The van der Waals surface area contributed by atoms with Crippen molar-refractivity contribution in [1.29, 1.82) is 0 Å². The average molecular weight is 398 g/mol. The lowest BCUT2D eigenvalue weighted by atomic mass is 10.2. The fourth-order valence-corrected chi connectivity index (χ4v) is 2.40. The largest absolute Gasteiger partial charge is 0.373 e. The quantitative estimate of drug-likeness (QED) is 0.788. The average Bonchev–Trinajstić information content (AvgIpc) is 2.44. The SMILES string of the molecule is CC(Nc1cc(Br)ccc1Br)C(=O)Nc1ccccc1. The highest BCUT2D eigenvalue weighted by molar-refractivity contribution is 9.11. The fraction of sp³-hybridized carbons (Fsp3) is 0.133. The van der Waals surface area contributed by atoms with E-state index >= 15 is 0 Å². The summed E-state index contributed by atoms with van der Waals surface area (Å²) in [5, 5.41) is 6.05. The van der Waals surface area contributed by atoms with E-state index < -0.39 is 0 Å². The smallest absolute Gasteiger partial charge is 0.246 e. The molecule has 0 aliphatic carbocycles. The molecule has 0 saturated carbocycles. The Morgan fingerprint density at radius 2 is 1.80 bits per heavy atom. The van der Waals surface area contributed by atoms with E-state index in [9.17, 15) is 4.79 Å². The van der Waals surface area contributed by atoms with Gasteiger partial charge in [-0.15, -0.1) is 0 Å². The number of para-hydroxylation sites is 1. The van der Waals surface area contributed by atoms with Gasteiger partial charge < -0.3 is 10.6 Å². The van der Waals surface area contributed by atoms with Crippen molar-refractivity contribution in [2.75, 3.05) is 10.6 Å². The molecular formula is C15H14Br2N2O. The lowest BCUT2D eigenvalue weighted by Gasteiger charge is -2.16. The number of benzene rings is 2. The molecule has 1 amide bonds. The van der Waals surface area contributed by atoms with Crippen LogP contribution in [0.5, 0.6) is 0 Å². The first-order valence-electron chi connectivity index (χ1n) is 6.14. The van der Waals surface area contributed by atoms with Crippen LogP contribution < -0.4 is 10.6 Å². The molecule has 2 N–H and O–H groups in total. The van der Waals surface area contributed by atoms with E-state index in [-0.39, 0.29) is 11.9 Å². The Bertz CT molecular complexity index is 602. The van der Waals surface area contributed by atoms with E-state index in [0.29, 0.717) is 0 Å². The summed E-state index contributed by atoms with van der Waals surface area (Å²) >= 11 is 6.88. The van der Waals surface area contributed by atoms with Crippen LogP contribution in [0.2, 0.25) is 0 Å². The molecule has 20 heavy (non-hydrogen) atoms. The zero-order valence-corrected chi connectivity index (χ0v) is 14.0. The van der Waals surface area contributed by atoms with Crippen molar-refractivity contribution < 1.29 is 4.79 Å². The van der Waals surface area contributed by atoms with E-state index in [1.807, 2.05) is 55.5 Å². The first kappa shape index (κ1) is 15.1. The topological polar surface area (TPSA) is 41.1 Å². The summed E-state index contributed by atoms with van der Waals surface area (Å²) in [6.45, 7) is 1.83. The molecule has 2 rings (SSSR count). The zero-order chi connectivity index (χ0) is 14.5. The second-order valence-electron chi connectivity index (χ2n) is 4.35. The lowest BCUT2D eigenvalue weighted by Crippen LogP contribution is -2.31. The Morgan fingerprint density at radius 1 is 1.10 bits per heavy atom. The number of hydrogen-bond acceptors (Lipinski definition) is 2. The molecule has 2 aromatic carbocycles. The number of amides is 1. The van der Waals surface area contributed by atoms with Crippen molar-refractivity contribution in [2.45, 2.75) is 13.0 Å². The van der Waals surface area contributed by atoms with Gasteiger partial charge in [0.15, 0.2) is 0 Å². The second-order valence-corrected chi connectivity index (χ2v) is 6.12. The predicted octanol–water partition coefficient (Wildman–Crippen LogP) is 4.65. The van der Waals surface area contributed by atoms with Crippen molar-refractivity contribution in [1.82, 2.24) is 0 Å². The molecule has 0 radical (unpaired) electrons. The van der Waals surface area contributed by atoms with Crippen LogP contribution in [-0.2, 0) is 4.79 Å². The van der Waals surface area contributed by atoms with E-state index in [1.54, 1.807) is 0 Å². The van der Waals surface area contributed by atoms with E-state index in [2.05, 4.69) is 42.5 Å². The van der Waals surface area contributed by atoms with Gasteiger partial charge in [-0.25, -0.2) is 0 Å². The lowest BCUT2D eigenvalue weighted by molar-refractivity contribution is -0.116. The fourth-order valence-electron chi connectivity index (χ4n) is 1.68. The van der Waals surface area contributed by atoms with Crippen LogP contribution in [0, 0.1) is 0 Å². The number of halogens is 2. The molecule has 0 saturated heterocycles. The van der Waals surface area contributed by atoms with Crippen molar-refractivity contribution in [2.24, 2.45) is 0 Å². The molecule has 1 atom stereocenters. The minimum atomic E-state index is -0.346. The molecule has 0 spiro atoms. The molecule has 0 heterocycles. The third-order valence-electron chi connectivity index (χ3n) is 2.74. The van der Waals surface area contributed by atoms with E-state index in [4.69, 9.17) is 0 Å². The van der Waals surface area contributed by atoms with Gasteiger partial charge in [0.1, 0.15) is 6.04 Å². The standard InChI is InChI=1S/C15H14Br2N2O/c1-10(15(20)19-12-5-3-2-4-6-12)18-14-9-11(16)7-8-13(14)17/h2-10,18H,1H3,(H,19,20). The maximum Gasteiger partial charge on any atom is 0.246 e. The molecule has 0 aliphatic heterocycles. The Kier molecular flexibility index (Phi) is 5.20. The van der Waals surface area contributed by atoms with E-state index in [0.717, 1.165) is 20.3 Å². The monoisotopic (exact) mass is 396 g/mol. The Balaban J connectivity index is 2.02. The highest BCUT2D eigenvalue weighted by Gasteiger charge is 2.14. The first-order chi connectivity index (χ1) is 9.56. The van der Waals surface area contributed by atoms with Gasteiger partial charge >= 0.3 is 0 Å². The molecule has 0 bridgehead atoms. The number of carbonyl (C=O) groups is 1. The van der Waals surface area contributed by atoms with Gasteiger partial charge in [0, 0.05) is 14.6 Å². The second kappa shape index (κ2) is 6.90. The summed E-state index contributed by atoms with van der Waals surface area (Å²) < 4.78 is 1.87. The summed E-state index contributed by atoms with van der Waals surface area (Å²) in [5.41, 5.74) is 1.66. The molecule has 104 valence electrons. The van der Waals surface area contributed by atoms with Crippen LogP contribution in [0.25, 0.3) is 0 Å². The van der Waals surface area contributed by atoms with Gasteiger partial charge in [-0.3, -0.25) is 4.79 Å². The zero-order valence-electron chi connectivity index (χ0n) is 10.9. The van der Waals surface area contributed by atoms with E-state index in [1.165, 1.54) is 0 Å². The number of nitrogens with one attached hydrogen (secondary N) is 2.